The monoisotopic (exact) mass is 453 g/mol. The third-order valence-electron chi connectivity index (χ3n) is 7.66. The molecule has 2 aromatic heterocycles. The number of aromatic nitrogens is 4. The van der Waals surface area contributed by atoms with Crippen molar-refractivity contribution >= 4 is 17.0 Å². The van der Waals surface area contributed by atoms with Gasteiger partial charge in [-0.05, 0) is 36.1 Å². The van der Waals surface area contributed by atoms with Gasteiger partial charge in [-0.25, -0.2) is 15.0 Å². The average molecular weight is 454 g/mol. The van der Waals surface area contributed by atoms with Crippen molar-refractivity contribution in [2.24, 2.45) is 5.41 Å². The molecule has 2 aromatic carbocycles. The van der Waals surface area contributed by atoms with Crippen LogP contribution in [-0.2, 0) is 16.1 Å². The van der Waals surface area contributed by atoms with Gasteiger partial charge in [0.05, 0.1) is 36.9 Å². The van der Waals surface area contributed by atoms with Crippen LogP contribution in [0.15, 0.2) is 60.9 Å². The molecule has 7 heteroatoms. The first-order valence-electron chi connectivity index (χ1n) is 12.1. The largest absolute Gasteiger partial charge is 0.380 e. The Bertz CT molecular complexity index is 1320. The van der Waals surface area contributed by atoms with Crippen LogP contribution in [0.25, 0.3) is 22.2 Å². The minimum absolute atomic E-state index is 0.118. The summed E-state index contributed by atoms with van der Waals surface area (Å²) >= 11 is 0. The number of ether oxygens (including phenoxy) is 2. The quantitative estimate of drug-likeness (QED) is 0.463. The first-order valence-corrected chi connectivity index (χ1v) is 12.1. The lowest BCUT2D eigenvalue weighted by atomic mass is 9.77. The lowest BCUT2D eigenvalue weighted by molar-refractivity contribution is -0.124. The van der Waals surface area contributed by atoms with Gasteiger partial charge in [0, 0.05) is 36.5 Å². The van der Waals surface area contributed by atoms with Gasteiger partial charge in [-0.3, -0.25) is 0 Å². The van der Waals surface area contributed by atoms with Crippen LogP contribution in [0.4, 0.5) is 5.95 Å². The molecule has 1 spiro atoms. The number of rotatable bonds is 3. The lowest BCUT2D eigenvalue weighted by Crippen LogP contribution is -2.51. The Morgan fingerprint density at radius 2 is 1.68 bits per heavy atom. The third kappa shape index (κ3) is 3.30. The summed E-state index contributed by atoms with van der Waals surface area (Å²) < 4.78 is 13.7. The van der Waals surface area contributed by atoms with E-state index in [1.54, 1.807) is 0 Å². The Morgan fingerprint density at radius 1 is 0.882 bits per heavy atom. The van der Waals surface area contributed by atoms with Crippen molar-refractivity contribution in [1.29, 1.82) is 0 Å². The molecule has 3 aliphatic heterocycles. The van der Waals surface area contributed by atoms with Gasteiger partial charge in [0.2, 0.25) is 5.95 Å². The number of hydrogen-bond acceptors (Lipinski definition) is 6. The summed E-state index contributed by atoms with van der Waals surface area (Å²) in [6.07, 6.45) is 6.22. The first kappa shape index (κ1) is 20.1. The highest BCUT2D eigenvalue weighted by Crippen LogP contribution is 2.39. The molecule has 0 unspecified atom stereocenters. The second kappa shape index (κ2) is 7.89. The molecule has 0 bridgehead atoms. The maximum absolute atomic E-state index is 5.89. The van der Waals surface area contributed by atoms with Crippen LogP contribution in [0, 0.1) is 5.41 Å². The molecule has 0 aliphatic carbocycles. The predicted molar refractivity (Wildman–Crippen MR) is 130 cm³/mol. The van der Waals surface area contributed by atoms with E-state index < -0.39 is 0 Å². The number of benzene rings is 2. The number of nitrogens with zero attached hydrogens (tertiary/aromatic N) is 5. The van der Waals surface area contributed by atoms with Crippen LogP contribution in [0.3, 0.4) is 0 Å². The van der Waals surface area contributed by atoms with E-state index in [9.17, 15) is 0 Å². The Kier molecular flexibility index (Phi) is 4.67. The van der Waals surface area contributed by atoms with E-state index in [2.05, 4.69) is 51.9 Å². The molecular weight excluding hydrogens is 426 g/mol. The van der Waals surface area contributed by atoms with Gasteiger partial charge in [-0.2, -0.15) is 0 Å². The number of fused-ring (bicyclic) bond motifs is 3. The summed E-state index contributed by atoms with van der Waals surface area (Å²) in [6, 6.07) is 17.1. The molecule has 34 heavy (non-hydrogen) atoms. The minimum Gasteiger partial charge on any atom is -0.380 e. The molecule has 172 valence electrons. The Morgan fingerprint density at radius 3 is 2.41 bits per heavy atom. The van der Waals surface area contributed by atoms with Crippen LogP contribution in [0.2, 0.25) is 0 Å². The van der Waals surface area contributed by atoms with E-state index in [4.69, 9.17) is 24.4 Å². The van der Waals surface area contributed by atoms with Crippen molar-refractivity contribution in [2.75, 3.05) is 37.8 Å². The fourth-order valence-electron chi connectivity index (χ4n) is 5.52. The Labute approximate surface area is 198 Å². The smallest absolute Gasteiger partial charge is 0.225 e. The van der Waals surface area contributed by atoms with Gasteiger partial charge in [-0.1, -0.05) is 36.4 Å². The minimum atomic E-state index is 0.118. The van der Waals surface area contributed by atoms with Crippen molar-refractivity contribution in [2.45, 2.75) is 25.5 Å². The molecule has 0 saturated carbocycles. The zero-order chi connectivity index (χ0) is 22.5. The molecule has 7 nitrogen and oxygen atoms in total. The van der Waals surface area contributed by atoms with Gasteiger partial charge >= 0.3 is 0 Å². The normalized spacial score (nSPS) is 21.4. The molecule has 7 rings (SSSR count). The number of hydrogen-bond donors (Lipinski definition) is 0. The van der Waals surface area contributed by atoms with Crippen LogP contribution < -0.4 is 4.90 Å². The SMILES string of the molecule is c1ccc([C@H]2COCc3nc4ccc(-c5cnc(N6CCC7(CC6)COC7)nc5)cc4n32)cc1. The van der Waals surface area contributed by atoms with Crippen LogP contribution in [-0.4, -0.2) is 52.4 Å². The van der Waals surface area contributed by atoms with Crippen LogP contribution in [0.1, 0.15) is 30.3 Å². The van der Waals surface area contributed by atoms with Crippen LogP contribution in [0.5, 0.6) is 0 Å². The van der Waals surface area contributed by atoms with E-state index in [0.29, 0.717) is 18.6 Å². The highest BCUT2D eigenvalue weighted by atomic mass is 16.5. The topological polar surface area (TPSA) is 65.3 Å². The van der Waals surface area contributed by atoms with Gasteiger partial charge in [0.1, 0.15) is 12.4 Å². The summed E-state index contributed by atoms with van der Waals surface area (Å²) in [7, 11) is 0. The molecular formula is C27H27N5O2. The summed E-state index contributed by atoms with van der Waals surface area (Å²) in [5, 5.41) is 0. The van der Waals surface area contributed by atoms with Gasteiger partial charge in [0.15, 0.2) is 0 Å². The Balaban J connectivity index is 1.19. The van der Waals surface area contributed by atoms with E-state index in [0.717, 1.165) is 73.1 Å². The third-order valence-corrected chi connectivity index (χ3v) is 7.66. The van der Waals surface area contributed by atoms with Crippen molar-refractivity contribution in [3.63, 3.8) is 0 Å². The van der Waals surface area contributed by atoms with Crippen LogP contribution >= 0.6 is 0 Å². The molecule has 2 fully saturated rings. The fourth-order valence-corrected chi connectivity index (χ4v) is 5.52. The average Bonchev–Trinajstić information content (AvgIpc) is 3.27. The maximum Gasteiger partial charge on any atom is 0.225 e. The van der Waals surface area contributed by atoms with Gasteiger partial charge < -0.3 is 18.9 Å². The molecule has 4 aromatic rings. The van der Waals surface area contributed by atoms with Crippen molar-refractivity contribution in [3.05, 3.63) is 72.3 Å². The molecule has 0 amide bonds. The summed E-state index contributed by atoms with van der Waals surface area (Å²) in [5.41, 5.74) is 5.88. The molecule has 0 radical (unpaired) electrons. The zero-order valence-electron chi connectivity index (χ0n) is 19.1. The summed E-state index contributed by atoms with van der Waals surface area (Å²) in [5.74, 6) is 1.79. The highest BCUT2D eigenvalue weighted by molar-refractivity contribution is 5.83. The van der Waals surface area contributed by atoms with E-state index in [1.165, 1.54) is 5.56 Å². The number of piperidine rings is 1. The number of imidazole rings is 1. The molecule has 3 aliphatic rings. The fraction of sp³-hybridized carbons (Fsp3) is 0.370. The number of anilines is 1. The molecule has 0 N–H and O–H groups in total. The molecule has 5 heterocycles. The highest BCUT2D eigenvalue weighted by Gasteiger charge is 2.41. The zero-order valence-corrected chi connectivity index (χ0v) is 19.1. The second-order valence-corrected chi connectivity index (χ2v) is 9.79. The summed E-state index contributed by atoms with van der Waals surface area (Å²) in [4.78, 5) is 16.6. The standard InChI is InChI=1S/C27H27N5O2/c1-2-4-19(5-3-1)24-15-33-16-25-30-22-7-6-20(12-23(22)32(24)25)21-13-28-26(29-14-21)31-10-8-27(9-11-31)17-34-18-27/h1-7,12-14,24H,8-11,15-18H2/t24-/m1/s1. The van der Waals surface area contributed by atoms with E-state index in [-0.39, 0.29) is 6.04 Å². The Hall–Kier alpha value is -3.29. The lowest BCUT2D eigenvalue weighted by Gasteiger charge is -2.47. The van der Waals surface area contributed by atoms with E-state index in [1.807, 2.05) is 18.5 Å². The first-order chi connectivity index (χ1) is 16.8. The van der Waals surface area contributed by atoms with Crippen molar-refractivity contribution in [1.82, 2.24) is 19.5 Å². The predicted octanol–water partition coefficient (Wildman–Crippen LogP) is 4.23. The summed E-state index contributed by atoms with van der Waals surface area (Å²) in [6.45, 7) is 5.01. The van der Waals surface area contributed by atoms with E-state index >= 15 is 0 Å². The molecule has 2 saturated heterocycles. The van der Waals surface area contributed by atoms with Crippen molar-refractivity contribution < 1.29 is 9.47 Å². The second-order valence-electron chi connectivity index (χ2n) is 9.79. The van der Waals surface area contributed by atoms with Gasteiger partial charge in [-0.15, -0.1) is 0 Å². The van der Waals surface area contributed by atoms with Crippen molar-refractivity contribution in [3.8, 4) is 11.1 Å². The van der Waals surface area contributed by atoms with Gasteiger partial charge in [0.25, 0.3) is 0 Å². The maximum atomic E-state index is 5.89. The molecule has 1 atom stereocenters.